The Morgan fingerprint density at radius 2 is 0.778 bits per heavy atom. The lowest BCUT2D eigenvalue weighted by atomic mass is 9.83. The second-order valence-corrected chi connectivity index (χ2v) is 9.31. The van der Waals surface area contributed by atoms with Gasteiger partial charge in [0.25, 0.3) is 0 Å². The van der Waals surface area contributed by atoms with Gasteiger partial charge in [-0.25, -0.2) is 0 Å². The van der Waals surface area contributed by atoms with Crippen molar-refractivity contribution < 1.29 is 0 Å². The summed E-state index contributed by atoms with van der Waals surface area (Å²) < 4.78 is 0. The van der Waals surface area contributed by atoms with Gasteiger partial charge in [0, 0.05) is 0 Å². The van der Waals surface area contributed by atoms with Crippen LogP contribution in [0.1, 0.15) is 0 Å². The predicted molar refractivity (Wildman–Crippen MR) is 155 cm³/mol. The van der Waals surface area contributed by atoms with E-state index in [2.05, 4.69) is 146 Å². The summed E-state index contributed by atoms with van der Waals surface area (Å²) in [4.78, 5) is 0. The molecule has 0 radical (unpaired) electrons. The van der Waals surface area contributed by atoms with Gasteiger partial charge in [-0.3, -0.25) is 0 Å². The summed E-state index contributed by atoms with van der Waals surface area (Å²) in [6.07, 6.45) is 0. The zero-order valence-corrected chi connectivity index (χ0v) is 19.9. The van der Waals surface area contributed by atoms with Crippen LogP contribution in [0.5, 0.6) is 0 Å². The molecule has 0 aliphatic rings. The molecule has 7 aromatic rings. The molecule has 0 saturated heterocycles. The molecule has 0 nitrogen and oxygen atoms in total. The van der Waals surface area contributed by atoms with Gasteiger partial charge < -0.3 is 0 Å². The van der Waals surface area contributed by atoms with Crippen LogP contribution in [0.15, 0.2) is 146 Å². The third-order valence-electron chi connectivity index (χ3n) is 7.25. The molecule has 0 saturated carbocycles. The Bertz CT molecular complexity index is 1820. The van der Waals surface area contributed by atoms with Gasteiger partial charge in [-0.15, -0.1) is 0 Å². The van der Waals surface area contributed by atoms with E-state index < -0.39 is 0 Å². The average molecular weight is 457 g/mol. The van der Waals surface area contributed by atoms with E-state index in [4.69, 9.17) is 0 Å². The normalized spacial score (nSPS) is 11.3. The van der Waals surface area contributed by atoms with E-state index in [1.165, 1.54) is 65.7 Å². The maximum absolute atomic E-state index is 2.33. The monoisotopic (exact) mass is 456 g/mol. The molecule has 0 unspecified atom stereocenters. The fourth-order valence-electron chi connectivity index (χ4n) is 5.64. The van der Waals surface area contributed by atoms with Crippen molar-refractivity contribution in [1.29, 1.82) is 0 Å². The largest absolute Gasteiger partial charge is 0.0622 e. The van der Waals surface area contributed by atoms with Gasteiger partial charge in [0.2, 0.25) is 0 Å². The summed E-state index contributed by atoms with van der Waals surface area (Å²) in [5.41, 5.74) is 7.61. The third kappa shape index (κ3) is 3.31. The van der Waals surface area contributed by atoms with Gasteiger partial charge in [-0.2, -0.15) is 0 Å². The molecule has 36 heavy (non-hydrogen) atoms. The molecule has 0 aliphatic heterocycles. The number of fused-ring (bicyclic) bond motifs is 3. The second-order valence-electron chi connectivity index (χ2n) is 9.31. The maximum atomic E-state index is 2.33. The van der Waals surface area contributed by atoms with Crippen molar-refractivity contribution in [3.63, 3.8) is 0 Å². The van der Waals surface area contributed by atoms with Gasteiger partial charge in [0.15, 0.2) is 0 Å². The van der Waals surface area contributed by atoms with Crippen LogP contribution in [-0.2, 0) is 0 Å². The molecule has 168 valence electrons. The van der Waals surface area contributed by atoms with Gasteiger partial charge in [-0.1, -0.05) is 140 Å². The van der Waals surface area contributed by atoms with Crippen LogP contribution < -0.4 is 0 Å². The maximum Gasteiger partial charge on any atom is -0.00201 e. The summed E-state index contributed by atoms with van der Waals surface area (Å²) in [6, 6.07) is 52.7. The van der Waals surface area contributed by atoms with Crippen LogP contribution in [0, 0.1) is 0 Å². The number of benzene rings is 7. The van der Waals surface area contributed by atoms with E-state index in [-0.39, 0.29) is 0 Å². The van der Waals surface area contributed by atoms with Crippen LogP contribution in [0.3, 0.4) is 0 Å². The molecule has 0 atom stereocenters. The topological polar surface area (TPSA) is 0 Å². The molecular formula is C36H24. The number of hydrogen-bond acceptors (Lipinski definition) is 0. The van der Waals surface area contributed by atoms with Crippen LogP contribution in [0.2, 0.25) is 0 Å². The first-order chi connectivity index (χ1) is 17.9. The van der Waals surface area contributed by atoms with Gasteiger partial charge >= 0.3 is 0 Å². The second kappa shape index (κ2) is 8.52. The van der Waals surface area contributed by atoms with Gasteiger partial charge in [-0.05, 0) is 71.8 Å². The number of hydrogen-bond donors (Lipinski definition) is 0. The van der Waals surface area contributed by atoms with E-state index in [9.17, 15) is 0 Å². The zero-order chi connectivity index (χ0) is 23.9. The fraction of sp³-hybridized carbons (Fsp3) is 0. The van der Waals surface area contributed by atoms with Crippen LogP contribution >= 0.6 is 0 Å². The molecule has 0 bridgehead atoms. The summed E-state index contributed by atoms with van der Waals surface area (Å²) >= 11 is 0. The molecule has 0 spiro atoms. The molecule has 0 heterocycles. The van der Waals surface area contributed by atoms with Crippen LogP contribution in [0.4, 0.5) is 0 Å². The molecule has 0 N–H and O–H groups in total. The van der Waals surface area contributed by atoms with Gasteiger partial charge in [0.05, 0.1) is 0 Å². The first-order valence-corrected chi connectivity index (χ1v) is 12.5. The first kappa shape index (κ1) is 20.7. The van der Waals surface area contributed by atoms with E-state index in [1.807, 2.05) is 0 Å². The third-order valence-corrected chi connectivity index (χ3v) is 7.25. The molecular weight excluding hydrogens is 432 g/mol. The first-order valence-electron chi connectivity index (χ1n) is 12.5. The lowest BCUT2D eigenvalue weighted by Crippen LogP contribution is -1.92. The van der Waals surface area contributed by atoms with Crippen molar-refractivity contribution in [3.05, 3.63) is 146 Å². The summed E-state index contributed by atoms with van der Waals surface area (Å²) in [7, 11) is 0. The highest BCUT2D eigenvalue weighted by atomic mass is 14.2. The quantitative estimate of drug-likeness (QED) is 0.232. The van der Waals surface area contributed by atoms with E-state index >= 15 is 0 Å². The minimum Gasteiger partial charge on any atom is -0.0622 e. The summed E-state index contributed by atoms with van der Waals surface area (Å²) in [5, 5.41) is 7.66. The average Bonchev–Trinajstić information content (AvgIpc) is 2.96. The SMILES string of the molecule is c1ccc(-c2ccccc2-c2c3ccccc3c(-c3ccc4ccccc4c3)c3ccccc23)cc1. The highest BCUT2D eigenvalue weighted by Gasteiger charge is 2.18. The summed E-state index contributed by atoms with van der Waals surface area (Å²) in [6.45, 7) is 0. The summed E-state index contributed by atoms with van der Waals surface area (Å²) in [5.74, 6) is 0. The Labute approximate surface area is 211 Å². The van der Waals surface area contributed by atoms with E-state index in [0.29, 0.717) is 0 Å². The van der Waals surface area contributed by atoms with Crippen LogP contribution in [0.25, 0.3) is 65.7 Å². The highest BCUT2D eigenvalue weighted by Crippen LogP contribution is 2.46. The Morgan fingerprint density at radius 1 is 0.278 bits per heavy atom. The smallest absolute Gasteiger partial charge is 0.00201 e. The van der Waals surface area contributed by atoms with Crippen molar-refractivity contribution in [2.45, 2.75) is 0 Å². The highest BCUT2D eigenvalue weighted by molar-refractivity contribution is 6.22. The van der Waals surface area contributed by atoms with Crippen molar-refractivity contribution >= 4 is 32.3 Å². The van der Waals surface area contributed by atoms with E-state index in [1.54, 1.807) is 0 Å². The Balaban J connectivity index is 1.61. The zero-order valence-electron chi connectivity index (χ0n) is 19.9. The molecule has 0 aromatic heterocycles. The minimum absolute atomic E-state index is 1.24. The predicted octanol–water partition coefficient (Wildman–Crippen LogP) is 10.1. The van der Waals surface area contributed by atoms with Gasteiger partial charge in [0.1, 0.15) is 0 Å². The number of rotatable bonds is 3. The molecule has 0 amide bonds. The lowest BCUT2D eigenvalue weighted by Gasteiger charge is -2.20. The van der Waals surface area contributed by atoms with Crippen LogP contribution in [-0.4, -0.2) is 0 Å². The molecule has 7 aromatic carbocycles. The Morgan fingerprint density at radius 3 is 1.44 bits per heavy atom. The lowest BCUT2D eigenvalue weighted by molar-refractivity contribution is 1.61. The molecule has 0 aliphatic carbocycles. The standard InChI is InChI=1S/C36H24/c1-2-13-26(14-3-1)29-16-6-7-17-30(29)36-33-20-10-8-18-31(33)35(32-19-9-11-21-34(32)36)28-23-22-25-12-4-5-15-27(25)24-28/h1-24H. The Kier molecular flexibility index (Phi) is 4.89. The Hall–Kier alpha value is -4.68. The van der Waals surface area contributed by atoms with Crippen molar-refractivity contribution in [1.82, 2.24) is 0 Å². The minimum atomic E-state index is 1.24. The van der Waals surface area contributed by atoms with Crippen molar-refractivity contribution in [2.24, 2.45) is 0 Å². The fourth-order valence-corrected chi connectivity index (χ4v) is 5.64. The van der Waals surface area contributed by atoms with Crippen molar-refractivity contribution in [3.8, 4) is 33.4 Å². The van der Waals surface area contributed by atoms with Crippen molar-refractivity contribution in [2.75, 3.05) is 0 Å². The molecule has 7 rings (SSSR count). The van der Waals surface area contributed by atoms with E-state index in [0.717, 1.165) is 0 Å². The molecule has 0 fully saturated rings. The molecule has 0 heteroatoms.